The lowest BCUT2D eigenvalue weighted by atomic mass is 10.1. The molecule has 17 heavy (non-hydrogen) atoms. The Labute approximate surface area is 124 Å². The second kappa shape index (κ2) is 8.39. The minimum Gasteiger partial charge on any atom is -0.387 e. The summed E-state index contributed by atoms with van der Waals surface area (Å²) in [5.41, 5.74) is 5.04. The summed E-state index contributed by atoms with van der Waals surface area (Å²) in [5.74, 6) is 2.12. The van der Waals surface area contributed by atoms with Gasteiger partial charge in [-0.3, -0.25) is 4.99 Å². The van der Waals surface area contributed by atoms with Crippen LogP contribution in [-0.2, 0) is 4.74 Å². The Morgan fingerprint density at radius 3 is 2.94 bits per heavy atom. The van der Waals surface area contributed by atoms with Gasteiger partial charge >= 0.3 is 0 Å². The predicted octanol–water partition coefficient (Wildman–Crippen LogP) is 0.412. The first-order valence-corrected chi connectivity index (χ1v) is 6.57. The maximum atomic E-state index is 10.0. The lowest BCUT2D eigenvalue weighted by molar-refractivity contribution is 0.0778. The van der Waals surface area contributed by atoms with Crippen molar-refractivity contribution in [1.29, 1.82) is 0 Å². The van der Waals surface area contributed by atoms with Crippen LogP contribution in [0.1, 0.15) is 13.3 Å². The average Bonchev–Trinajstić information content (AvgIpc) is 2.63. The zero-order chi connectivity index (χ0) is 12.0. The number of methoxy groups -OCH3 is 1. The second-order valence-electron chi connectivity index (χ2n) is 4.23. The third kappa shape index (κ3) is 6.68. The monoisotopic (exact) mass is 375 g/mol. The number of thioether (sulfide) groups is 1. The Bertz CT molecular complexity index is 248. The van der Waals surface area contributed by atoms with Crippen LogP contribution in [0.4, 0.5) is 0 Å². The van der Waals surface area contributed by atoms with E-state index in [9.17, 15) is 5.11 Å². The number of halogens is 1. The van der Waals surface area contributed by atoms with Crippen molar-refractivity contribution in [3.63, 3.8) is 0 Å². The minimum atomic E-state index is -0.665. The molecule has 5 nitrogen and oxygen atoms in total. The van der Waals surface area contributed by atoms with Crippen LogP contribution in [0, 0.1) is 0 Å². The molecule has 1 aliphatic rings. The van der Waals surface area contributed by atoms with Crippen LogP contribution < -0.4 is 11.1 Å². The van der Waals surface area contributed by atoms with E-state index in [2.05, 4.69) is 10.3 Å². The number of nitrogens with zero attached hydrogens (tertiary/aromatic N) is 1. The number of aliphatic imine (C=N–C) groups is 1. The summed E-state index contributed by atoms with van der Waals surface area (Å²) < 4.78 is 4.98. The Kier molecular flexibility index (Phi) is 8.52. The molecule has 0 amide bonds. The lowest BCUT2D eigenvalue weighted by Gasteiger charge is -2.19. The molecule has 7 heteroatoms. The Hall–Kier alpha value is 0.270. The van der Waals surface area contributed by atoms with Crippen LogP contribution in [0.25, 0.3) is 0 Å². The molecule has 1 fully saturated rings. The molecule has 4 N–H and O–H groups in total. The normalized spacial score (nSPS) is 26.4. The lowest BCUT2D eigenvalue weighted by Crippen LogP contribution is -2.42. The van der Waals surface area contributed by atoms with Crippen molar-refractivity contribution in [3.8, 4) is 0 Å². The number of nitrogens with one attached hydrogen (secondary N) is 1. The molecule has 0 saturated carbocycles. The fraction of sp³-hybridized carbons (Fsp3) is 0.900. The first-order valence-electron chi connectivity index (χ1n) is 5.41. The van der Waals surface area contributed by atoms with Gasteiger partial charge in [-0.15, -0.1) is 24.0 Å². The zero-order valence-corrected chi connectivity index (χ0v) is 13.5. The molecule has 0 aromatic rings. The van der Waals surface area contributed by atoms with Gasteiger partial charge in [0.15, 0.2) is 5.96 Å². The van der Waals surface area contributed by atoms with Crippen LogP contribution in [0.5, 0.6) is 0 Å². The molecule has 1 heterocycles. The van der Waals surface area contributed by atoms with Crippen molar-refractivity contribution in [2.45, 2.75) is 25.0 Å². The molecule has 1 rings (SSSR count). The van der Waals surface area contributed by atoms with Crippen molar-refractivity contribution in [1.82, 2.24) is 5.32 Å². The van der Waals surface area contributed by atoms with Gasteiger partial charge in [0.25, 0.3) is 0 Å². The summed E-state index contributed by atoms with van der Waals surface area (Å²) in [6.07, 6.45) is 0.794. The summed E-state index contributed by atoms with van der Waals surface area (Å²) in [7, 11) is 1.64. The molecule has 2 atom stereocenters. The van der Waals surface area contributed by atoms with Crippen LogP contribution in [0.3, 0.4) is 0 Å². The highest BCUT2D eigenvalue weighted by molar-refractivity contribution is 14.0. The molecular formula is C10H22IN3O2S. The molecule has 0 aliphatic carbocycles. The van der Waals surface area contributed by atoms with E-state index in [0.717, 1.165) is 17.9 Å². The molecule has 102 valence electrons. The molecule has 1 aliphatic heterocycles. The highest BCUT2D eigenvalue weighted by Crippen LogP contribution is 2.27. The fourth-order valence-corrected chi connectivity index (χ4v) is 2.83. The van der Waals surface area contributed by atoms with E-state index in [1.54, 1.807) is 18.9 Å². The number of hydrogen-bond donors (Lipinski definition) is 3. The van der Waals surface area contributed by atoms with Crippen molar-refractivity contribution >= 4 is 41.7 Å². The molecule has 0 bridgehead atoms. The molecule has 2 unspecified atom stereocenters. The molecular weight excluding hydrogens is 353 g/mol. The highest BCUT2D eigenvalue weighted by atomic mass is 127. The van der Waals surface area contributed by atoms with E-state index in [1.165, 1.54) is 0 Å². The largest absolute Gasteiger partial charge is 0.387 e. The quantitative estimate of drug-likeness (QED) is 0.369. The van der Waals surface area contributed by atoms with Crippen LogP contribution >= 0.6 is 35.7 Å². The van der Waals surface area contributed by atoms with Crippen LogP contribution in [-0.4, -0.2) is 54.5 Å². The van der Waals surface area contributed by atoms with Crippen molar-refractivity contribution < 1.29 is 9.84 Å². The van der Waals surface area contributed by atoms with Gasteiger partial charge in [-0.2, -0.15) is 11.8 Å². The van der Waals surface area contributed by atoms with Crippen LogP contribution in [0.15, 0.2) is 4.99 Å². The number of ether oxygens (including phenoxy) is 1. The first kappa shape index (κ1) is 17.3. The topological polar surface area (TPSA) is 79.9 Å². The van der Waals surface area contributed by atoms with Crippen molar-refractivity contribution in [3.05, 3.63) is 0 Å². The number of hydrogen-bond acceptors (Lipinski definition) is 4. The Morgan fingerprint density at radius 1 is 1.71 bits per heavy atom. The van der Waals surface area contributed by atoms with Gasteiger partial charge < -0.3 is 20.9 Å². The van der Waals surface area contributed by atoms with E-state index >= 15 is 0 Å². The van der Waals surface area contributed by atoms with E-state index in [1.807, 2.05) is 6.92 Å². The minimum absolute atomic E-state index is 0. The zero-order valence-electron chi connectivity index (χ0n) is 10.3. The van der Waals surface area contributed by atoms with Gasteiger partial charge in [0.1, 0.15) is 0 Å². The number of aliphatic hydroxyl groups is 1. The Balaban J connectivity index is 0.00000256. The van der Waals surface area contributed by atoms with Crippen molar-refractivity contribution in [2.75, 3.05) is 31.8 Å². The third-order valence-corrected chi connectivity index (χ3v) is 3.67. The van der Waals surface area contributed by atoms with Gasteiger partial charge in [0.05, 0.1) is 18.8 Å². The van der Waals surface area contributed by atoms with Gasteiger partial charge in [-0.05, 0) is 19.1 Å². The molecule has 0 aromatic heterocycles. The van der Waals surface area contributed by atoms with E-state index < -0.39 is 5.60 Å². The van der Waals surface area contributed by atoms with E-state index in [-0.39, 0.29) is 30.0 Å². The maximum Gasteiger partial charge on any atom is 0.188 e. The second-order valence-corrected chi connectivity index (χ2v) is 5.33. The molecule has 1 saturated heterocycles. The highest BCUT2D eigenvalue weighted by Gasteiger charge is 2.31. The summed E-state index contributed by atoms with van der Waals surface area (Å²) in [5, 5.41) is 13.0. The van der Waals surface area contributed by atoms with Gasteiger partial charge in [-0.25, -0.2) is 0 Å². The summed E-state index contributed by atoms with van der Waals surface area (Å²) in [4.78, 5) is 4.16. The van der Waals surface area contributed by atoms with E-state index in [0.29, 0.717) is 19.1 Å². The fourth-order valence-electron chi connectivity index (χ4n) is 1.54. The number of nitrogens with two attached hydrogens (primary N) is 1. The summed E-state index contributed by atoms with van der Waals surface area (Å²) in [6.45, 7) is 2.92. The summed E-state index contributed by atoms with van der Waals surface area (Å²) >= 11 is 1.75. The van der Waals surface area contributed by atoms with Gasteiger partial charge in [0, 0.05) is 18.9 Å². The maximum absolute atomic E-state index is 10.0. The SMILES string of the molecule is COCC(C)NC(N)=NCC1(O)CCSC1.I. The smallest absolute Gasteiger partial charge is 0.188 e. The van der Waals surface area contributed by atoms with Crippen molar-refractivity contribution in [2.24, 2.45) is 10.7 Å². The summed E-state index contributed by atoms with van der Waals surface area (Å²) in [6, 6.07) is 0.126. The molecule has 0 radical (unpaired) electrons. The molecule has 0 aromatic carbocycles. The van der Waals surface area contributed by atoms with Gasteiger partial charge in [0.2, 0.25) is 0 Å². The van der Waals surface area contributed by atoms with Gasteiger partial charge in [-0.1, -0.05) is 0 Å². The Morgan fingerprint density at radius 2 is 2.41 bits per heavy atom. The standard InChI is InChI=1S/C10H21N3O2S.HI/c1-8(5-15-2)13-9(11)12-6-10(14)3-4-16-7-10;/h8,14H,3-7H2,1-2H3,(H3,11,12,13);1H. The number of rotatable bonds is 5. The predicted molar refractivity (Wildman–Crippen MR) is 83.3 cm³/mol. The number of guanidine groups is 1. The first-order chi connectivity index (χ1) is 7.56. The molecule has 0 spiro atoms. The third-order valence-electron chi connectivity index (χ3n) is 2.44. The average molecular weight is 375 g/mol. The van der Waals surface area contributed by atoms with Crippen LogP contribution in [0.2, 0.25) is 0 Å². The van der Waals surface area contributed by atoms with E-state index in [4.69, 9.17) is 10.5 Å².